The van der Waals surface area contributed by atoms with Gasteiger partial charge in [0.25, 0.3) is 0 Å². The molecule has 0 bridgehead atoms. The van der Waals surface area contributed by atoms with Crippen LogP contribution in [0.1, 0.15) is 16.7 Å². The summed E-state index contributed by atoms with van der Waals surface area (Å²) in [5.74, 6) is 0.770. The van der Waals surface area contributed by atoms with Crippen LogP contribution in [0.4, 0.5) is 5.69 Å². The van der Waals surface area contributed by atoms with E-state index < -0.39 is 0 Å². The Labute approximate surface area is 180 Å². The number of ether oxygens (including phenoxy) is 1. The third-order valence-corrected chi connectivity index (χ3v) is 5.19. The molecule has 4 heteroatoms. The number of fused-ring (bicyclic) bond motifs is 1. The van der Waals surface area contributed by atoms with E-state index in [9.17, 15) is 0 Å². The number of benzene rings is 4. The maximum Gasteiger partial charge on any atom is 0.129 e. The van der Waals surface area contributed by atoms with Gasteiger partial charge in [-0.05, 0) is 59.2 Å². The molecule has 4 aromatic rings. The van der Waals surface area contributed by atoms with E-state index in [1.165, 1.54) is 0 Å². The lowest BCUT2D eigenvalue weighted by atomic mass is 10.0. The molecule has 144 valence electrons. The van der Waals surface area contributed by atoms with Crippen LogP contribution in [0.5, 0.6) is 5.75 Å². The summed E-state index contributed by atoms with van der Waals surface area (Å²) in [5, 5.41) is 3.58. The van der Waals surface area contributed by atoms with Gasteiger partial charge in [0.2, 0.25) is 0 Å². The average Bonchev–Trinajstić information content (AvgIpc) is 2.73. The van der Waals surface area contributed by atoms with Crippen LogP contribution in [-0.4, -0.2) is 6.21 Å². The van der Waals surface area contributed by atoms with E-state index in [4.69, 9.17) is 32.9 Å². The summed E-state index contributed by atoms with van der Waals surface area (Å²) in [4.78, 5) is 4.71. The lowest BCUT2D eigenvalue weighted by molar-refractivity contribution is 0.306. The third kappa shape index (κ3) is 4.61. The minimum absolute atomic E-state index is 0.427. The first-order valence-electron chi connectivity index (χ1n) is 9.29. The Hall–Kier alpha value is -2.81. The molecule has 0 radical (unpaired) electrons. The van der Waals surface area contributed by atoms with Crippen LogP contribution in [0.3, 0.4) is 0 Å². The third-order valence-electron chi connectivity index (χ3n) is 4.72. The molecule has 0 N–H and O–H groups in total. The second kappa shape index (κ2) is 8.69. The van der Waals surface area contributed by atoms with Crippen LogP contribution >= 0.6 is 23.2 Å². The van der Waals surface area contributed by atoms with Crippen molar-refractivity contribution >= 4 is 45.9 Å². The summed E-state index contributed by atoms with van der Waals surface area (Å²) in [7, 11) is 0. The number of hydrogen-bond donors (Lipinski definition) is 0. The largest absolute Gasteiger partial charge is 0.488 e. The van der Waals surface area contributed by atoms with Crippen molar-refractivity contribution in [2.24, 2.45) is 4.99 Å². The predicted molar refractivity (Wildman–Crippen MR) is 123 cm³/mol. The van der Waals surface area contributed by atoms with E-state index in [1.54, 1.807) is 0 Å². The Morgan fingerprint density at radius 2 is 1.69 bits per heavy atom. The first-order valence-corrected chi connectivity index (χ1v) is 10.0. The lowest BCUT2D eigenvalue weighted by Gasteiger charge is -2.12. The molecule has 0 amide bonds. The summed E-state index contributed by atoms with van der Waals surface area (Å²) in [6.45, 7) is 2.44. The summed E-state index contributed by atoms with van der Waals surface area (Å²) in [6.07, 6.45) is 1.86. The van der Waals surface area contributed by atoms with Gasteiger partial charge in [0, 0.05) is 21.8 Å². The van der Waals surface area contributed by atoms with Crippen molar-refractivity contribution in [1.82, 2.24) is 0 Å². The van der Waals surface area contributed by atoms with E-state index >= 15 is 0 Å². The molecule has 0 saturated carbocycles. The Balaban J connectivity index is 1.72. The van der Waals surface area contributed by atoms with Gasteiger partial charge >= 0.3 is 0 Å². The van der Waals surface area contributed by atoms with Gasteiger partial charge in [0.15, 0.2) is 0 Å². The molecule has 29 heavy (non-hydrogen) atoms. The highest BCUT2D eigenvalue weighted by Crippen LogP contribution is 2.29. The maximum absolute atomic E-state index is 6.15. The van der Waals surface area contributed by atoms with Crippen LogP contribution in [0.25, 0.3) is 10.8 Å². The van der Waals surface area contributed by atoms with Gasteiger partial charge in [0.1, 0.15) is 12.4 Å². The second-order valence-electron chi connectivity index (χ2n) is 6.81. The Bertz CT molecular complexity index is 1200. The van der Waals surface area contributed by atoms with Crippen LogP contribution in [0.2, 0.25) is 10.0 Å². The number of hydrogen-bond acceptors (Lipinski definition) is 2. The Morgan fingerprint density at radius 1 is 0.862 bits per heavy atom. The molecule has 0 unspecified atom stereocenters. The van der Waals surface area contributed by atoms with Crippen LogP contribution < -0.4 is 4.74 Å². The quantitative estimate of drug-likeness (QED) is 0.302. The zero-order valence-corrected chi connectivity index (χ0v) is 17.4. The molecule has 0 saturated heterocycles. The van der Waals surface area contributed by atoms with Gasteiger partial charge in [-0.3, -0.25) is 4.99 Å². The van der Waals surface area contributed by atoms with E-state index in [0.717, 1.165) is 38.9 Å². The minimum atomic E-state index is 0.427. The van der Waals surface area contributed by atoms with Crippen LogP contribution in [-0.2, 0) is 6.61 Å². The van der Waals surface area contributed by atoms with Crippen molar-refractivity contribution in [2.75, 3.05) is 0 Å². The zero-order valence-electron chi connectivity index (χ0n) is 15.9. The monoisotopic (exact) mass is 419 g/mol. The van der Waals surface area contributed by atoms with Crippen molar-refractivity contribution in [3.05, 3.63) is 106 Å². The van der Waals surface area contributed by atoms with Crippen LogP contribution in [0.15, 0.2) is 83.9 Å². The van der Waals surface area contributed by atoms with Crippen molar-refractivity contribution in [1.29, 1.82) is 0 Å². The van der Waals surface area contributed by atoms with Gasteiger partial charge in [-0.15, -0.1) is 0 Å². The fourth-order valence-electron chi connectivity index (χ4n) is 3.18. The topological polar surface area (TPSA) is 21.6 Å². The number of halogens is 2. The Kier molecular flexibility index (Phi) is 5.84. The highest BCUT2D eigenvalue weighted by molar-refractivity contribution is 6.31. The van der Waals surface area contributed by atoms with Gasteiger partial charge in [0.05, 0.1) is 5.69 Å². The first-order chi connectivity index (χ1) is 14.1. The van der Waals surface area contributed by atoms with Crippen molar-refractivity contribution in [3.63, 3.8) is 0 Å². The molecule has 0 aliphatic heterocycles. The molecule has 4 aromatic carbocycles. The number of nitrogens with zero attached hydrogens (tertiary/aromatic N) is 1. The zero-order chi connectivity index (χ0) is 20.2. The smallest absolute Gasteiger partial charge is 0.129 e. The molecule has 0 atom stereocenters. The summed E-state index contributed by atoms with van der Waals surface area (Å²) in [5.41, 5.74) is 3.85. The summed E-state index contributed by atoms with van der Waals surface area (Å²) in [6, 6.07) is 25.6. The van der Waals surface area contributed by atoms with E-state index in [2.05, 4.69) is 18.2 Å². The molecular weight excluding hydrogens is 401 g/mol. The highest BCUT2D eigenvalue weighted by Gasteiger charge is 2.08. The molecular formula is C25H19Cl2NO. The average molecular weight is 420 g/mol. The van der Waals surface area contributed by atoms with E-state index in [-0.39, 0.29) is 0 Å². The van der Waals surface area contributed by atoms with Gasteiger partial charge < -0.3 is 4.74 Å². The number of aryl methyl sites for hydroxylation is 1. The SMILES string of the molecule is Cc1ccc(Cl)cc1N=Cc1c(OCc2cccc(Cl)c2)ccc2ccccc12. The Morgan fingerprint density at radius 3 is 2.55 bits per heavy atom. The van der Waals surface area contributed by atoms with Crippen molar-refractivity contribution in [3.8, 4) is 5.75 Å². The molecule has 0 aromatic heterocycles. The highest BCUT2D eigenvalue weighted by atomic mass is 35.5. The molecule has 0 spiro atoms. The van der Waals surface area contributed by atoms with Gasteiger partial charge in [-0.2, -0.15) is 0 Å². The molecule has 0 fully saturated rings. The molecule has 0 heterocycles. The normalized spacial score (nSPS) is 11.3. The number of aliphatic imine (C=N–C) groups is 1. The lowest BCUT2D eigenvalue weighted by Crippen LogP contribution is -1.99. The first kappa shape index (κ1) is 19.5. The number of rotatable bonds is 5. The molecule has 0 aliphatic carbocycles. The molecule has 4 rings (SSSR count). The summed E-state index contributed by atoms with van der Waals surface area (Å²) < 4.78 is 6.15. The van der Waals surface area contributed by atoms with Crippen LogP contribution in [0, 0.1) is 6.92 Å². The maximum atomic E-state index is 6.15. The molecule has 0 aliphatic rings. The summed E-state index contributed by atoms with van der Waals surface area (Å²) >= 11 is 12.2. The predicted octanol–water partition coefficient (Wildman–Crippen LogP) is 7.78. The van der Waals surface area contributed by atoms with E-state index in [1.807, 2.05) is 73.8 Å². The van der Waals surface area contributed by atoms with Crippen molar-refractivity contribution in [2.45, 2.75) is 13.5 Å². The van der Waals surface area contributed by atoms with Gasteiger partial charge in [-0.1, -0.05) is 71.7 Å². The van der Waals surface area contributed by atoms with Crippen molar-refractivity contribution < 1.29 is 4.74 Å². The standard InChI is InChI=1S/C25H19Cl2NO/c1-17-9-11-21(27)14-24(17)28-15-23-22-8-3-2-6-19(22)10-12-25(23)29-16-18-5-4-7-20(26)13-18/h2-15H,16H2,1H3. The molecule has 2 nitrogen and oxygen atoms in total. The fourth-order valence-corrected chi connectivity index (χ4v) is 3.56. The fraction of sp³-hybridized carbons (Fsp3) is 0.0800. The minimum Gasteiger partial charge on any atom is -0.488 e. The van der Waals surface area contributed by atoms with E-state index in [0.29, 0.717) is 16.7 Å². The van der Waals surface area contributed by atoms with Gasteiger partial charge in [-0.25, -0.2) is 0 Å². The second-order valence-corrected chi connectivity index (χ2v) is 7.68.